The maximum absolute atomic E-state index is 12.8. The molecule has 102 valence electrons. The predicted octanol–water partition coefficient (Wildman–Crippen LogP) is 2.05. The Morgan fingerprint density at radius 3 is 2.42 bits per heavy atom. The summed E-state index contributed by atoms with van der Waals surface area (Å²) in [5.74, 6) is -0.266. The summed E-state index contributed by atoms with van der Waals surface area (Å²) in [7, 11) is 0. The van der Waals surface area contributed by atoms with Gasteiger partial charge in [0.05, 0.1) is 0 Å². The molecule has 1 aliphatic rings. The molecule has 1 aliphatic heterocycles. The third kappa shape index (κ3) is 3.89. The van der Waals surface area contributed by atoms with Crippen molar-refractivity contribution in [1.82, 2.24) is 10.2 Å². The van der Waals surface area contributed by atoms with Crippen LogP contribution in [0, 0.1) is 5.82 Å². The van der Waals surface area contributed by atoms with E-state index in [1.165, 1.54) is 12.1 Å². The molecule has 0 aromatic heterocycles. The van der Waals surface area contributed by atoms with Gasteiger partial charge in [0, 0.05) is 31.2 Å². The van der Waals surface area contributed by atoms with Crippen molar-refractivity contribution in [2.75, 3.05) is 13.1 Å². The van der Waals surface area contributed by atoms with Gasteiger partial charge in [0.1, 0.15) is 5.82 Å². The summed E-state index contributed by atoms with van der Waals surface area (Å²) in [4.78, 5) is 13.9. The maximum Gasteiger partial charge on any atom is 0.246 e. The molecular weight excluding hydrogens is 243 g/mol. The van der Waals surface area contributed by atoms with Crippen molar-refractivity contribution >= 4 is 12.0 Å². The van der Waals surface area contributed by atoms with Crippen molar-refractivity contribution in [2.45, 2.75) is 25.9 Å². The van der Waals surface area contributed by atoms with Gasteiger partial charge in [0.15, 0.2) is 0 Å². The second-order valence-electron chi connectivity index (χ2n) is 5.10. The number of hydrogen-bond acceptors (Lipinski definition) is 2. The molecule has 1 saturated heterocycles. The molecule has 1 heterocycles. The zero-order chi connectivity index (χ0) is 13.8. The highest BCUT2D eigenvalue weighted by molar-refractivity contribution is 5.91. The van der Waals surface area contributed by atoms with Crippen LogP contribution < -0.4 is 5.32 Å². The van der Waals surface area contributed by atoms with Crippen molar-refractivity contribution in [3.63, 3.8) is 0 Å². The van der Waals surface area contributed by atoms with Crippen LogP contribution in [-0.4, -0.2) is 36.0 Å². The maximum atomic E-state index is 12.8. The van der Waals surface area contributed by atoms with E-state index in [4.69, 9.17) is 0 Å². The van der Waals surface area contributed by atoms with E-state index in [1.54, 1.807) is 24.3 Å². The lowest BCUT2D eigenvalue weighted by atomic mass is 10.1. The van der Waals surface area contributed by atoms with Crippen LogP contribution in [0.25, 0.3) is 6.08 Å². The van der Waals surface area contributed by atoms with Crippen LogP contribution in [0.1, 0.15) is 19.4 Å². The molecule has 1 N–H and O–H groups in total. The molecule has 4 heteroatoms. The predicted molar refractivity (Wildman–Crippen MR) is 74.1 cm³/mol. The topological polar surface area (TPSA) is 32.3 Å². The lowest BCUT2D eigenvalue weighted by Gasteiger charge is -2.35. The molecule has 0 spiro atoms. The van der Waals surface area contributed by atoms with Crippen molar-refractivity contribution in [3.8, 4) is 0 Å². The summed E-state index contributed by atoms with van der Waals surface area (Å²) in [6.07, 6.45) is 3.27. The first-order valence-corrected chi connectivity index (χ1v) is 6.53. The minimum atomic E-state index is -0.270. The molecule has 0 saturated carbocycles. The van der Waals surface area contributed by atoms with Gasteiger partial charge in [0.2, 0.25) is 5.91 Å². The molecule has 0 unspecified atom stereocenters. The minimum absolute atomic E-state index is 0.00419. The Morgan fingerprint density at radius 2 is 1.84 bits per heavy atom. The molecule has 1 amide bonds. The quantitative estimate of drug-likeness (QED) is 0.827. The highest BCUT2D eigenvalue weighted by Gasteiger charge is 2.23. The van der Waals surface area contributed by atoms with Crippen molar-refractivity contribution in [2.24, 2.45) is 0 Å². The number of piperazine rings is 1. The fourth-order valence-corrected chi connectivity index (χ4v) is 2.35. The van der Waals surface area contributed by atoms with Crippen LogP contribution in [0.15, 0.2) is 30.3 Å². The van der Waals surface area contributed by atoms with E-state index in [0.29, 0.717) is 12.1 Å². The third-order valence-corrected chi connectivity index (χ3v) is 3.16. The number of halogens is 1. The Kier molecular flexibility index (Phi) is 4.32. The van der Waals surface area contributed by atoms with Crippen molar-refractivity contribution < 1.29 is 9.18 Å². The zero-order valence-electron chi connectivity index (χ0n) is 11.3. The van der Waals surface area contributed by atoms with Gasteiger partial charge in [-0.2, -0.15) is 0 Å². The summed E-state index contributed by atoms with van der Waals surface area (Å²) in [5.41, 5.74) is 0.825. The third-order valence-electron chi connectivity index (χ3n) is 3.16. The average molecular weight is 262 g/mol. The van der Waals surface area contributed by atoms with Gasteiger partial charge in [-0.15, -0.1) is 0 Å². The fraction of sp³-hybridized carbons (Fsp3) is 0.400. The van der Waals surface area contributed by atoms with Gasteiger partial charge in [0.25, 0.3) is 0 Å². The molecule has 1 aromatic rings. The number of carbonyl (C=O) groups excluding carboxylic acids is 1. The van der Waals surface area contributed by atoms with Crippen LogP contribution in [0.2, 0.25) is 0 Å². The summed E-state index contributed by atoms with van der Waals surface area (Å²) in [6.45, 7) is 5.58. The highest BCUT2D eigenvalue weighted by Crippen LogP contribution is 2.08. The Labute approximate surface area is 113 Å². The molecule has 0 aliphatic carbocycles. The smallest absolute Gasteiger partial charge is 0.246 e. The van der Waals surface area contributed by atoms with Crippen molar-refractivity contribution in [1.29, 1.82) is 0 Å². The number of benzene rings is 1. The molecule has 19 heavy (non-hydrogen) atoms. The van der Waals surface area contributed by atoms with Crippen LogP contribution in [0.5, 0.6) is 0 Å². The Morgan fingerprint density at radius 1 is 1.26 bits per heavy atom. The number of rotatable bonds is 2. The van der Waals surface area contributed by atoms with E-state index in [-0.39, 0.29) is 11.7 Å². The number of carbonyl (C=O) groups is 1. The Bertz CT molecular complexity index is 460. The van der Waals surface area contributed by atoms with Gasteiger partial charge in [-0.05, 0) is 37.6 Å². The van der Waals surface area contributed by atoms with E-state index in [9.17, 15) is 9.18 Å². The standard InChI is InChI=1S/C15H19FN2O/c1-11-9-18(10-12(2)17-11)15(19)8-5-13-3-6-14(16)7-4-13/h3-8,11-12,17H,9-10H2,1-2H3/b8-5+/t11-,12+. The number of hydrogen-bond donors (Lipinski definition) is 1. The molecule has 0 radical (unpaired) electrons. The lowest BCUT2D eigenvalue weighted by molar-refractivity contribution is -0.127. The van der Waals surface area contributed by atoms with E-state index < -0.39 is 0 Å². The van der Waals surface area contributed by atoms with E-state index in [1.807, 2.05) is 4.90 Å². The Balaban J connectivity index is 1.98. The summed E-state index contributed by atoms with van der Waals surface area (Å²) in [6, 6.07) is 6.71. The summed E-state index contributed by atoms with van der Waals surface area (Å²) in [5, 5.41) is 3.38. The number of nitrogens with zero attached hydrogens (tertiary/aromatic N) is 1. The number of amides is 1. The zero-order valence-corrected chi connectivity index (χ0v) is 11.3. The fourth-order valence-electron chi connectivity index (χ4n) is 2.35. The first-order valence-electron chi connectivity index (χ1n) is 6.53. The first-order chi connectivity index (χ1) is 9.04. The first kappa shape index (κ1) is 13.7. The second kappa shape index (κ2) is 5.97. The van der Waals surface area contributed by atoms with Crippen LogP contribution in [0.3, 0.4) is 0 Å². The highest BCUT2D eigenvalue weighted by atomic mass is 19.1. The van der Waals surface area contributed by atoms with E-state index in [2.05, 4.69) is 19.2 Å². The largest absolute Gasteiger partial charge is 0.336 e. The molecule has 1 aromatic carbocycles. The molecule has 2 atom stereocenters. The summed E-state index contributed by atoms with van der Waals surface area (Å²) < 4.78 is 12.8. The SMILES string of the molecule is C[C@@H]1CN(C(=O)/C=C/c2ccc(F)cc2)C[C@H](C)N1. The lowest BCUT2D eigenvalue weighted by Crippen LogP contribution is -2.55. The van der Waals surface area contributed by atoms with Crippen LogP contribution in [0.4, 0.5) is 4.39 Å². The second-order valence-corrected chi connectivity index (χ2v) is 5.10. The van der Waals surface area contributed by atoms with Gasteiger partial charge >= 0.3 is 0 Å². The van der Waals surface area contributed by atoms with Crippen molar-refractivity contribution in [3.05, 3.63) is 41.7 Å². The summed E-state index contributed by atoms with van der Waals surface area (Å²) >= 11 is 0. The monoisotopic (exact) mass is 262 g/mol. The molecule has 0 bridgehead atoms. The van der Waals surface area contributed by atoms with Gasteiger partial charge in [-0.3, -0.25) is 4.79 Å². The van der Waals surface area contributed by atoms with E-state index in [0.717, 1.165) is 18.7 Å². The van der Waals surface area contributed by atoms with E-state index >= 15 is 0 Å². The van der Waals surface area contributed by atoms with Gasteiger partial charge in [-0.25, -0.2) is 4.39 Å². The molecule has 2 rings (SSSR count). The minimum Gasteiger partial charge on any atom is -0.336 e. The Hall–Kier alpha value is -1.68. The molecule has 1 fully saturated rings. The number of nitrogens with one attached hydrogen (secondary N) is 1. The molecule has 3 nitrogen and oxygen atoms in total. The van der Waals surface area contributed by atoms with Gasteiger partial charge < -0.3 is 10.2 Å². The normalized spacial score (nSPS) is 23.8. The molecular formula is C15H19FN2O. The van der Waals surface area contributed by atoms with Gasteiger partial charge in [-0.1, -0.05) is 12.1 Å². The van der Waals surface area contributed by atoms with Crippen LogP contribution >= 0.6 is 0 Å². The average Bonchev–Trinajstić information content (AvgIpc) is 2.36. The van der Waals surface area contributed by atoms with Crippen LogP contribution in [-0.2, 0) is 4.79 Å².